The molecule has 0 amide bonds. The van der Waals surface area contributed by atoms with Gasteiger partial charge in [0, 0.05) is 10.9 Å². The number of aliphatic carboxylic acids is 1. The Labute approximate surface area is 116 Å². The minimum absolute atomic E-state index is 0.0368. The van der Waals surface area contributed by atoms with Crippen LogP contribution in [0.4, 0.5) is 5.69 Å². The van der Waals surface area contributed by atoms with Gasteiger partial charge in [0.1, 0.15) is 6.07 Å². The summed E-state index contributed by atoms with van der Waals surface area (Å²) in [5.74, 6) is -1.24. The lowest BCUT2D eigenvalue weighted by Gasteiger charge is -2.15. The Hall–Kier alpha value is -1.93. The van der Waals surface area contributed by atoms with E-state index in [1.54, 1.807) is 6.08 Å². The van der Waals surface area contributed by atoms with Crippen LogP contribution >= 0.6 is 11.8 Å². The van der Waals surface area contributed by atoms with E-state index in [4.69, 9.17) is 5.11 Å². The summed E-state index contributed by atoms with van der Waals surface area (Å²) in [6.07, 6.45) is 6.00. The molecule has 0 aromatic heterocycles. The monoisotopic (exact) mass is 274 g/mol. The minimum atomic E-state index is -0.807. The van der Waals surface area contributed by atoms with Crippen LogP contribution in [0, 0.1) is 17.2 Å². The Bertz CT molecular complexity index is 563. The maximum absolute atomic E-state index is 10.9. The summed E-state index contributed by atoms with van der Waals surface area (Å²) < 4.78 is 0. The first-order chi connectivity index (χ1) is 9.15. The van der Waals surface area contributed by atoms with E-state index in [1.165, 1.54) is 11.8 Å². The highest BCUT2D eigenvalue weighted by Gasteiger charge is 2.24. The minimum Gasteiger partial charge on any atom is -0.481 e. The van der Waals surface area contributed by atoms with Crippen LogP contribution in [-0.4, -0.2) is 23.4 Å². The van der Waals surface area contributed by atoms with E-state index < -0.39 is 11.9 Å². The summed E-state index contributed by atoms with van der Waals surface area (Å²) in [4.78, 5) is 11.8. The zero-order valence-electron chi connectivity index (χ0n) is 10.5. The number of nitrogens with zero attached hydrogens (tertiary/aromatic N) is 1. The van der Waals surface area contributed by atoms with Crippen molar-refractivity contribution in [3.05, 3.63) is 35.9 Å². The van der Waals surface area contributed by atoms with Gasteiger partial charge in [0.05, 0.1) is 17.2 Å². The lowest BCUT2D eigenvalue weighted by atomic mass is 10.1. The summed E-state index contributed by atoms with van der Waals surface area (Å²) in [7, 11) is 0. The summed E-state index contributed by atoms with van der Waals surface area (Å²) in [5.41, 5.74) is 1.37. The zero-order chi connectivity index (χ0) is 13.8. The molecule has 5 heteroatoms. The van der Waals surface area contributed by atoms with Gasteiger partial charge in [0.2, 0.25) is 0 Å². The summed E-state index contributed by atoms with van der Waals surface area (Å²) >= 11 is 1.52. The Morgan fingerprint density at radius 2 is 2.32 bits per heavy atom. The fourth-order valence-corrected chi connectivity index (χ4v) is 2.70. The van der Waals surface area contributed by atoms with Crippen molar-refractivity contribution in [3.63, 3.8) is 0 Å². The average molecular weight is 274 g/mol. The van der Waals surface area contributed by atoms with E-state index >= 15 is 0 Å². The molecule has 1 aromatic rings. The van der Waals surface area contributed by atoms with Crippen molar-refractivity contribution >= 4 is 23.4 Å². The number of carboxylic acid groups (broad SMARTS) is 1. The molecule has 0 bridgehead atoms. The quantitative estimate of drug-likeness (QED) is 0.652. The van der Waals surface area contributed by atoms with Crippen molar-refractivity contribution in [3.8, 4) is 6.07 Å². The molecule has 0 spiro atoms. The molecule has 0 fully saturated rings. The maximum Gasteiger partial charge on any atom is 0.310 e. The molecule has 2 unspecified atom stereocenters. The molecule has 4 nitrogen and oxygen atoms in total. The van der Waals surface area contributed by atoms with Gasteiger partial charge in [-0.1, -0.05) is 18.2 Å². The molecule has 0 saturated heterocycles. The SMILES string of the molecule is CSc1cccc(NC2C=CC(C(=O)O)C2)c1C#N. The fraction of sp³-hybridized carbons (Fsp3) is 0.286. The maximum atomic E-state index is 10.9. The van der Waals surface area contributed by atoms with Crippen molar-refractivity contribution in [2.45, 2.75) is 17.4 Å². The highest BCUT2D eigenvalue weighted by atomic mass is 32.2. The fourth-order valence-electron chi connectivity index (χ4n) is 2.13. The molecule has 98 valence electrons. The van der Waals surface area contributed by atoms with Crippen LogP contribution in [0.2, 0.25) is 0 Å². The second kappa shape index (κ2) is 5.81. The van der Waals surface area contributed by atoms with Crippen molar-refractivity contribution in [2.75, 3.05) is 11.6 Å². The van der Waals surface area contributed by atoms with Gasteiger partial charge >= 0.3 is 5.97 Å². The zero-order valence-corrected chi connectivity index (χ0v) is 11.3. The number of carbonyl (C=O) groups is 1. The number of carboxylic acids is 1. The smallest absolute Gasteiger partial charge is 0.310 e. The molecule has 2 rings (SSSR count). The van der Waals surface area contributed by atoms with Crippen LogP contribution < -0.4 is 5.32 Å². The number of hydrogen-bond donors (Lipinski definition) is 2. The van der Waals surface area contributed by atoms with Crippen LogP contribution in [0.3, 0.4) is 0 Å². The molecule has 1 aliphatic rings. The second-order valence-electron chi connectivity index (χ2n) is 4.31. The van der Waals surface area contributed by atoms with E-state index in [-0.39, 0.29) is 6.04 Å². The lowest BCUT2D eigenvalue weighted by molar-refractivity contribution is -0.140. The number of hydrogen-bond acceptors (Lipinski definition) is 4. The van der Waals surface area contributed by atoms with E-state index in [0.717, 1.165) is 10.6 Å². The van der Waals surface area contributed by atoms with Gasteiger partial charge in [-0.3, -0.25) is 4.79 Å². The summed E-state index contributed by atoms with van der Waals surface area (Å²) in [6, 6.07) is 7.80. The molecule has 19 heavy (non-hydrogen) atoms. The third-order valence-corrected chi connectivity index (χ3v) is 3.88. The molecular weight excluding hydrogens is 260 g/mol. The van der Waals surface area contributed by atoms with Gasteiger partial charge in [-0.2, -0.15) is 5.26 Å². The van der Waals surface area contributed by atoms with Gasteiger partial charge in [-0.15, -0.1) is 11.8 Å². The molecule has 2 atom stereocenters. The van der Waals surface area contributed by atoms with E-state index in [1.807, 2.05) is 30.5 Å². The van der Waals surface area contributed by atoms with E-state index in [9.17, 15) is 10.1 Å². The highest BCUT2D eigenvalue weighted by Crippen LogP contribution is 2.29. The molecule has 1 aliphatic carbocycles. The first kappa shape index (κ1) is 13.5. The molecule has 0 heterocycles. The molecule has 1 aromatic carbocycles. The van der Waals surface area contributed by atoms with E-state index in [2.05, 4.69) is 11.4 Å². The number of thioether (sulfide) groups is 1. The van der Waals surface area contributed by atoms with Crippen LogP contribution in [0.1, 0.15) is 12.0 Å². The number of anilines is 1. The highest BCUT2D eigenvalue weighted by molar-refractivity contribution is 7.98. The number of benzene rings is 1. The summed E-state index contributed by atoms with van der Waals surface area (Å²) in [5, 5.41) is 21.4. The molecular formula is C14H14N2O2S. The Morgan fingerprint density at radius 1 is 1.53 bits per heavy atom. The van der Waals surface area contributed by atoms with Crippen LogP contribution in [-0.2, 0) is 4.79 Å². The predicted molar refractivity (Wildman–Crippen MR) is 75.2 cm³/mol. The predicted octanol–water partition coefficient (Wildman–Crippen LogP) is 2.72. The standard InChI is InChI=1S/C14H14N2O2S/c1-19-13-4-2-3-12(11(13)8-15)16-10-6-5-9(7-10)14(17)18/h2-6,9-10,16H,7H2,1H3,(H,17,18). The third-order valence-electron chi connectivity index (χ3n) is 3.10. The molecule has 2 N–H and O–H groups in total. The van der Waals surface area contributed by atoms with Crippen molar-refractivity contribution in [1.82, 2.24) is 0 Å². The number of nitrogens with one attached hydrogen (secondary N) is 1. The van der Waals surface area contributed by atoms with Gasteiger partial charge in [0.15, 0.2) is 0 Å². The largest absolute Gasteiger partial charge is 0.481 e. The first-order valence-electron chi connectivity index (χ1n) is 5.90. The number of rotatable bonds is 4. The van der Waals surface area contributed by atoms with Crippen molar-refractivity contribution in [1.29, 1.82) is 5.26 Å². The molecule has 0 saturated carbocycles. The van der Waals surface area contributed by atoms with Gasteiger partial charge in [0.25, 0.3) is 0 Å². The normalized spacial score (nSPS) is 21.1. The summed E-state index contributed by atoms with van der Waals surface area (Å²) in [6.45, 7) is 0. The van der Waals surface area contributed by atoms with Gasteiger partial charge in [-0.25, -0.2) is 0 Å². The van der Waals surface area contributed by atoms with Crippen LogP contribution in [0.5, 0.6) is 0 Å². The average Bonchev–Trinajstić information content (AvgIpc) is 2.87. The number of nitriles is 1. The third kappa shape index (κ3) is 2.91. The topological polar surface area (TPSA) is 73.1 Å². The Kier molecular flexibility index (Phi) is 4.13. The van der Waals surface area contributed by atoms with Crippen LogP contribution in [0.15, 0.2) is 35.2 Å². The van der Waals surface area contributed by atoms with Crippen molar-refractivity contribution < 1.29 is 9.90 Å². The Balaban J connectivity index is 2.15. The van der Waals surface area contributed by atoms with Crippen LogP contribution in [0.25, 0.3) is 0 Å². The second-order valence-corrected chi connectivity index (χ2v) is 5.16. The molecule has 0 radical (unpaired) electrons. The van der Waals surface area contributed by atoms with Gasteiger partial charge in [-0.05, 0) is 24.8 Å². The van der Waals surface area contributed by atoms with Gasteiger partial charge < -0.3 is 10.4 Å². The lowest BCUT2D eigenvalue weighted by Crippen LogP contribution is -2.19. The first-order valence-corrected chi connectivity index (χ1v) is 7.13. The molecule has 0 aliphatic heterocycles. The van der Waals surface area contributed by atoms with Crippen molar-refractivity contribution in [2.24, 2.45) is 5.92 Å². The Morgan fingerprint density at radius 3 is 2.89 bits per heavy atom. The van der Waals surface area contributed by atoms with E-state index in [0.29, 0.717) is 12.0 Å².